The molecule has 1 heterocycles. The number of esters is 1. The van der Waals surface area contributed by atoms with E-state index in [4.69, 9.17) is 23.7 Å². The topological polar surface area (TPSA) is 92.3 Å². The first-order valence-corrected chi connectivity index (χ1v) is 13.2. The molecule has 2 aromatic carbocycles. The lowest BCUT2D eigenvalue weighted by molar-refractivity contribution is -0.144. The number of hydrogen-bond acceptors (Lipinski definition) is 8. The summed E-state index contributed by atoms with van der Waals surface area (Å²) in [5.74, 6) is 1.02. The van der Waals surface area contributed by atoms with Crippen molar-refractivity contribution in [1.29, 1.82) is 0 Å². The second kappa shape index (κ2) is 11.8. The number of para-hydroxylation sites is 1. The van der Waals surface area contributed by atoms with Crippen molar-refractivity contribution in [2.45, 2.75) is 58.0 Å². The van der Waals surface area contributed by atoms with Crippen molar-refractivity contribution in [3.05, 3.63) is 70.1 Å². The van der Waals surface area contributed by atoms with E-state index in [-0.39, 0.29) is 24.2 Å². The molecule has 1 aliphatic carbocycles. The van der Waals surface area contributed by atoms with Crippen LogP contribution in [0.4, 0.5) is 0 Å². The first-order chi connectivity index (χ1) is 18.8. The van der Waals surface area contributed by atoms with Gasteiger partial charge in [0.2, 0.25) is 0 Å². The highest BCUT2D eigenvalue weighted by atomic mass is 16.5. The first-order valence-electron chi connectivity index (χ1n) is 13.2. The number of Topliss-reactive ketones (excluding diaryl/α,β-unsaturated/α-hetero) is 1. The Kier molecular flexibility index (Phi) is 8.53. The monoisotopic (exact) mass is 535 g/mol. The molecule has 0 spiro atoms. The van der Waals surface area contributed by atoms with E-state index >= 15 is 0 Å². The maximum Gasteiger partial charge on any atom is 0.337 e. The van der Waals surface area contributed by atoms with Gasteiger partial charge in [-0.25, -0.2) is 4.79 Å². The molecular weight excluding hydrogens is 498 g/mol. The number of ketones is 1. The molecule has 4 rings (SSSR count). The summed E-state index contributed by atoms with van der Waals surface area (Å²) in [6.45, 7) is 5.66. The van der Waals surface area contributed by atoms with Gasteiger partial charge in [-0.15, -0.1) is 0 Å². The van der Waals surface area contributed by atoms with Gasteiger partial charge in [0.05, 0.1) is 46.0 Å². The highest BCUT2D eigenvalue weighted by Crippen LogP contribution is 2.49. The van der Waals surface area contributed by atoms with E-state index < -0.39 is 11.9 Å². The van der Waals surface area contributed by atoms with Crippen LogP contribution in [0.1, 0.15) is 63.0 Å². The Morgan fingerprint density at radius 3 is 2.33 bits per heavy atom. The van der Waals surface area contributed by atoms with Gasteiger partial charge in [0.1, 0.15) is 0 Å². The second-order valence-electron chi connectivity index (χ2n) is 9.84. The average Bonchev–Trinajstić information content (AvgIpc) is 2.94. The summed E-state index contributed by atoms with van der Waals surface area (Å²) in [6, 6.07) is 11.3. The standard InChI is InChI=1S/C31H37NO7/c1-8-17(2)39-31(34)27-18(3)32-22-14-20(19-12-13-24(35-4)26(16-19)37-6)15-23(33)29(22)28(27)21-10-9-11-25(36-5)30(21)38-7/h9-13,16-17,20,28,32H,8,14-15H2,1-7H3. The van der Waals surface area contributed by atoms with E-state index in [2.05, 4.69) is 5.32 Å². The average molecular weight is 536 g/mol. The highest BCUT2D eigenvalue weighted by molar-refractivity contribution is 6.04. The molecule has 2 aromatic rings. The lowest BCUT2D eigenvalue weighted by atomic mass is 9.71. The van der Waals surface area contributed by atoms with Crippen LogP contribution in [0.5, 0.6) is 23.0 Å². The Balaban J connectivity index is 1.84. The summed E-state index contributed by atoms with van der Waals surface area (Å²) in [5, 5.41) is 3.40. The number of ether oxygens (including phenoxy) is 5. The van der Waals surface area contributed by atoms with E-state index in [0.717, 1.165) is 11.3 Å². The van der Waals surface area contributed by atoms with E-state index in [1.807, 2.05) is 51.1 Å². The normalized spacial score (nSPS) is 19.6. The van der Waals surface area contributed by atoms with Gasteiger partial charge in [0.25, 0.3) is 0 Å². The largest absolute Gasteiger partial charge is 0.493 e. The third kappa shape index (κ3) is 5.33. The van der Waals surface area contributed by atoms with Gasteiger partial charge < -0.3 is 29.0 Å². The Morgan fingerprint density at radius 2 is 1.69 bits per heavy atom. The predicted molar refractivity (Wildman–Crippen MR) is 148 cm³/mol. The molecule has 0 bridgehead atoms. The molecule has 0 radical (unpaired) electrons. The van der Waals surface area contributed by atoms with Gasteiger partial charge in [0.15, 0.2) is 28.8 Å². The second-order valence-corrected chi connectivity index (χ2v) is 9.84. The van der Waals surface area contributed by atoms with Crippen LogP contribution in [0, 0.1) is 0 Å². The zero-order valence-corrected chi connectivity index (χ0v) is 23.7. The fourth-order valence-corrected chi connectivity index (χ4v) is 5.43. The third-order valence-electron chi connectivity index (χ3n) is 7.55. The molecule has 1 N–H and O–H groups in total. The summed E-state index contributed by atoms with van der Waals surface area (Å²) < 4.78 is 28.0. The zero-order chi connectivity index (χ0) is 28.3. The Morgan fingerprint density at radius 1 is 0.974 bits per heavy atom. The molecule has 0 fully saturated rings. The van der Waals surface area contributed by atoms with Gasteiger partial charge in [-0.05, 0) is 56.4 Å². The lowest BCUT2D eigenvalue weighted by Gasteiger charge is -2.37. The molecule has 0 saturated heterocycles. The Bertz CT molecular complexity index is 1330. The summed E-state index contributed by atoms with van der Waals surface area (Å²) in [7, 11) is 6.31. The number of allylic oxidation sites excluding steroid dienone is 3. The Labute approximate surface area is 229 Å². The number of nitrogens with one attached hydrogen (secondary N) is 1. The number of dihydropyridines is 1. The van der Waals surface area contributed by atoms with Crippen LogP contribution >= 0.6 is 0 Å². The summed E-state index contributed by atoms with van der Waals surface area (Å²) in [6.07, 6.45) is 1.28. The molecule has 2 aliphatic rings. The lowest BCUT2D eigenvalue weighted by Crippen LogP contribution is -2.36. The van der Waals surface area contributed by atoms with Crippen LogP contribution in [0.15, 0.2) is 58.9 Å². The minimum atomic E-state index is -0.665. The maximum absolute atomic E-state index is 14.0. The number of benzene rings is 2. The van der Waals surface area contributed by atoms with Crippen molar-refractivity contribution in [1.82, 2.24) is 5.32 Å². The molecule has 0 saturated carbocycles. The van der Waals surface area contributed by atoms with Crippen LogP contribution < -0.4 is 24.3 Å². The minimum Gasteiger partial charge on any atom is -0.493 e. The van der Waals surface area contributed by atoms with Crippen molar-refractivity contribution >= 4 is 11.8 Å². The summed E-state index contributed by atoms with van der Waals surface area (Å²) >= 11 is 0. The molecule has 0 amide bonds. The molecule has 39 heavy (non-hydrogen) atoms. The Hall–Kier alpha value is -3.94. The maximum atomic E-state index is 14.0. The SMILES string of the molecule is CCC(C)OC(=O)C1=C(C)NC2=C(C(=O)CC(c3ccc(OC)c(OC)c3)C2)C1c1cccc(OC)c1OC. The molecule has 8 heteroatoms. The van der Waals surface area contributed by atoms with Crippen LogP contribution in [0.3, 0.4) is 0 Å². The van der Waals surface area contributed by atoms with E-state index in [0.29, 0.717) is 58.2 Å². The van der Waals surface area contributed by atoms with E-state index in [1.54, 1.807) is 34.5 Å². The van der Waals surface area contributed by atoms with Gasteiger partial charge in [-0.2, -0.15) is 0 Å². The van der Waals surface area contributed by atoms with E-state index in [1.165, 1.54) is 0 Å². The summed E-state index contributed by atoms with van der Waals surface area (Å²) in [5.41, 5.74) is 4.06. The van der Waals surface area contributed by atoms with Gasteiger partial charge in [-0.1, -0.05) is 25.1 Å². The number of carbonyl (C=O) groups excluding carboxylic acids is 2. The number of rotatable bonds is 9. The molecule has 1 aliphatic heterocycles. The van der Waals surface area contributed by atoms with Crippen LogP contribution in [-0.4, -0.2) is 46.3 Å². The van der Waals surface area contributed by atoms with Gasteiger partial charge in [0, 0.05) is 29.0 Å². The fraction of sp³-hybridized carbons (Fsp3) is 0.419. The number of carbonyl (C=O) groups is 2. The molecule has 208 valence electrons. The smallest absolute Gasteiger partial charge is 0.337 e. The van der Waals surface area contributed by atoms with Crippen molar-refractivity contribution in [3.63, 3.8) is 0 Å². The summed E-state index contributed by atoms with van der Waals surface area (Å²) in [4.78, 5) is 27.5. The zero-order valence-electron chi connectivity index (χ0n) is 23.7. The number of methoxy groups -OCH3 is 4. The van der Waals surface area contributed by atoms with Crippen molar-refractivity contribution in [2.75, 3.05) is 28.4 Å². The van der Waals surface area contributed by atoms with Gasteiger partial charge >= 0.3 is 5.97 Å². The predicted octanol–water partition coefficient (Wildman–Crippen LogP) is 5.42. The molecule has 0 aromatic heterocycles. The third-order valence-corrected chi connectivity index (χ3v) is 7.55. The van der Waals surface area contributed by atoms with Crippen LogP contribution in [0.25, 0.3) is 0 Å². The molecular formula is C31H37NO7. The quantitative estimate of drug-likeness (QED) is 0.426. The van der Waals surface area contributed by atoms with Crippen molar-refractivity contribution in [2.24, 2.45) is 0 Å². The van der Waals surface area contributed by atoms with Crippen molar-refractivity contribution in [3.8, 4) is 23.0 Å². The van der Waals surface area contributed by atoms with Crippen LogP contribution in [-0.2, 0) is 14.3 Å². The molecule has 8 nitrogen and oxygen atoms in total. The first kappa shape index (κ1) is 28.1. The fourth-order valence-electron chi connectivity index (χ4n) is 5.43. The number of hydrogen-bond donors (Lipinski definition) is 1. The molecule has 3 unspecified atom stereocenters. The van der Waals surface area contributed by atoms with Crippen molar-refractivity contribution < 1.29 is 33.3 Å². The van der Waals surface area contributed by atoms with Crippen LogP contribution in [0.2, 0.25) is 0 Å². The highest BCUT2D eigenvalue weighted by Gasteiger charge is 2.43. The minimum absolute atomic E-state index is 0.0419. The van der Waals surface area contributed by atoms with Gasteiger partial charge in [-0.3, -0.25) is 4.79 Å². The molecule has 3 atom stereocenters. The van der Waals surface area contributed by atoms with E-state index in [9.17, 15) is 9.59 Å².